The van der Waals surface area contributed by atoms with Gasteiger partial charge in [-0.15, -0.1) is 0 Å². The second kappa shape index (κ2) is 9.88. The molecule has 0 saturated heterocycles. The molecule has 1 N–H and O–H groups in total. The summed E-state index contributed by atoms with van der Waals surface area (Å²) in [5.41, 5.74) is 2.48. The van der Waals surface area contributed by atoms with Gasteiger partial charge in [0.2, 0.25) is 0 Å². The predicted molar refractivity (Wildman–Crippen MR) is 114 cm³/mol. The molecule has 9 heteroatoms. The Morgan fingerprint density at radius 2 is 1.83 bits per heavy atom. The SMILES string of the molecule is CCn1nc(C)cc1C(=O)N(CCCNCc1cc(C)nn1C)C(=O)OC(C)(C)C. The van der Waals surface area contributed by atoms with E-state index in [1.165, 1.54) is 4.90 Å². The predicted octanol–water partition coefficient (Wildman–Crippen LogP) is 2.81. The zero-order valence-corrected chi connectivity index (χ0v) is 19.2. The molecule has 2 amide bonds. The van der Waals surface area contributed by atoms with Crippen LogP contribution >= 0.6 is 0 Å². The molecule has 0 bridgehead atoms. The van der Waals surface area contributed by atoms with E-state index in [0.29, 0.717) is 31.7 Å². The topological polar surface area (TPSA) is 94.3 Å². The molecule has 2 aromatic heterocycles. The van der Waals surface area contributed by atoms with Crippen molar-refractivity contribution < 1.29 is 14.3 Å². The van der Waals surface area contributed by atoms with Crippen molar-refractivity contribution in [3.8, 4) is 0 Å². The summed E-state index contributed by atoms with van der Waals surface area (Å²) in [6.07, 6.45) is -0.0441. The third-order valence-electron chi connectivity index (χ3n) is 4.42. The first-order chi connectivity index (χ1) is 14.0. The van der Waals surface area contributed by atoms with Gasteiger partial charge in [-0.3, -0.25) is 14.2 Å². The Morgan fingerprint density at radius 1 is 1.17 bits per heavy atom. The molecular formula is C21H34N6O3. The fourth-order valence-electron chi connectivity index (χ4n) is 3.10. The first-order valence-corrected chi connectivity index (χ1v) is 10.3. The first kappa shape index (κ1) is 23.6. The van der Waals surface area contributed by atoms with E-state index in [9.17, 15) is 9.59 Å². The van der Waals surface area contributed by atoms with Crippen molar-refractivity contribution in [3.63, 3.8) is 0 Å². The molecule has 0 unspecified atom stereocenters. The van der Waals surface area contributed by atoms with Gasteiger partial charge in [0.1, 0.15) is 11.3 Å². The number of carbonyl (C=O) groups excluding carboxylic acids is 2. The summed E-state index contributed by atoms with van der Waals surface area (Å²) < 4.78 is 8.92. The quantitative estimate of drug-likeness (QED) is 0.663. The summed E-state index contributed by atoms with van der Waals surface area (Å²) in [5, 5.41) is 12.0. The number of aromatic nitrogens is 4. The Kier molecular flexibility index (Phi) is 7.77. The van der Waals surface area contributed by atoms with Crippen LogP contribution in [-0.2, 0) is 24.9 Å². The van der Waals surface area contributed by atoms with Crippen molar-refractivity contribution >= 4 is 12.0 Å². The van der Waals surface area contributed by atoms with Crippen LogP contribution in [0.3, 0.4) is 0 Å². The van der Waals surface area contributed by atoms with E-state index in [2.05, 4.69) is 15.5 Å². The molecule has 0 fully saturated rings. The number of ether oxygens (including phenoxy) is 1. The Balaban J connectivity index is 2.03. The largest absolute Gasteiger partial charge is 0.443 e. The normalized spacial score (nSPS) is 11.6. The van der Waals surface area contributed by atoms with Crippen LogP contribution in [0.5, 0.6) is 0 Å². The van der Waals surface area contributed by atoms with Crippen molar-refractivity contribution in [2.24, 2.45) is 7.05 Å². The number of nitrogens with one attached hydrogen (secondary N) is 1. The van der Waals surface area contributed by atoms with Gasteiger partial charge in [0.15, 0.2) is 0 Å². The molecule has 0 atom stereocenters. The number of amides is 2. The van der Waals surface area contributed by atoms with Crippen LogP contribution in [0.25, 0.3) is 0 Å². The highest BCUT2D eigenvalue weighted by molar-refractivity contribution is 6.02. The van der Waals surface area contributed by atoms with Gasteiger partial charge < -0.3 is 10.1 Å². The van der Waals surface area contributed by atoms with Crippen LogP contribution in [0, 0.1) is 13.8 Å². The van der Waals surface area contributed by atoms with Gasteiger partial charge in [-0.1, -0.05) is 0 Å². The van der Waals surface area contributed by atoms with Crippen LogP contribution in [-0.4, -0.2) is 55.2 Å². The minimum absolute atomic E-state index is 0.249. The molecular weight excluding hydrogens is 384 g/mol. The van der Waals surface area contributed by atoms with Gasteiger partial charge in [0.25, 0.3) is 5.91 Å². The van der Waals surface area contributed by atoms with E-state index >= 15 is 0 Å². The van der Waals surface area contributed by atoms with Crippen molar-refractivity contribution in [1.82, 2.24) is 29.8 Å². The zero-order chi connectivity index (χ0) is 22.5. The lowest BCUT2D eigenvalue weighted by molar-refractivity contribution is 0.0236. The second-order valence-corrected chi connectivity index (χ2v) is 8.35. The molecule has 0 radical (unpaired) electrons. The Bertz CT molecular complexity index is 878. The third kappa shape index (κ3) is 6.41. The summed E-state index contributed by atoms with van der Waals surface area (Å²) in [4.78, 5) is 27.0. The molecule has 2 heterocycles. The van der Waals surface area contributed by atoms with E-state index < -0.39 is 17.6 Å². The van der Waals surface area contributed by atoms with Crippen LogP contribution in [0.15, 0.2) is 12.1 Å². The molecule has 166 valence electrons. The highest BCUT2D eigenvalue weighted by Gasteiger charge is 2.29. The monoisotopic (exact) mass is 418 g/mol. The molecule has 30 heavy (non-hydrogen) atoms. The van der Waals surface area contributed by atoms with Crippen molar-refractivity contribution in [3.05, 3.63) is 34.9 Å². The molecule has 0 aliphatic carbocycles. The highest BCUT2D eigenvalue weighted by atomic mass is 16.6. The van der Waals surface area contributed by atoms with Gasteiger partial charge >= 0.3 is 6.09 Å². The lowest BCUT2D eigenvalue weighted by atomic mass is 10.2. The minimum atomic E-state index is -0.688. The van der Waals surface area contributed by atoms with Crippen molar-refractivity contribution in [2.75, 3.05) is 13.1 Å². The summed E-state index contributed by atoms with van der Waals surface area (Å²) in [7, 11) is 1.91. The standard InChI is InChI=1S/C21H34N6O3/c1-8-27-18(13-16(3)24-27)19(28)26(20(29)30-21(4,5)6)11-9-10-22-14-17-12-15(2)23-25(17)7/h12-13,22H,8-11,14H2,1-7H3. The lowest BCUT2D eigenvalue weighted by Gasteiger charge is -2.26. The summed E-state index contributed by atoms with van der Waals surface area (Å²) in [6, 6.07) is 3.73. The van der Waals surface area contributed by atoms with Crippen LogP contribution in [0.4, 0.5) is 4.79 Å². The molecule has 0 aromatic carbocycles. The minimum Gasteiger partial charge on any atom is -0.443 e. The molecule has 0 aliphatic heterocycles. The van der Waals surface area contributed by atoms with E-state index in [1.54, 1.807) is 31.5 Å². The van der Waals surface area contributed by atoms with Crippen molar-refractivity contribution in [1.29, 1.82) is 0 Å². The molecule has 0 spiro atoms. The summed E-state index contributed by atoms with van der Waals surface area (Å²) in [5.74, 6) is -0.394. The van der Waals surface area contributed by atoms with E-state index in [0.717, 1.165) is 17.1 Å². The van der Waals surface area contributed by atoms with Crippen LogP contribution in [0.2, 0.25) is 0 Å². The molecule has 2 rings (SSSR count). The maximum Gasteiger partial charge on any atom is 0.417 e. The fourth-order valence-corrected chi connectivity index (χ4v) is 3.10. The Labute approximate surface area is 178 Å². The van der Waals surface area contributed by atoms with E-state index in [4.69, 9.17) is 4.74 Å². The van der Waals surface area contributed by atoms with Crippen molar-refractivity contribution in [2.45, 2.75) is 66.7 Å². The average molecular weight is 419 g/mol. The number of rotatable bonds is 8. The van der Waals surface area contributed by atoms with E-state index in [1.807, 2.05) is 38.6 Å². The number of carbonyl (C=O) groups is 2. The number of aryl methyl sites for hydroxylation is 4. The maximum absolute atomic E-state index is 13.1. The summed E-state index contributed by atoms with van der Waals surface area (Å²) in [6.45, 7) is 13.1. The van der Waals surface area contributed by atoms with E-state index in [-0.39, 0.29) is 6.54 Å². The zero-order valence-electron chi connectivity index (χ0n) is 19.2. The lowest BCUT2D eigenvalue weighted by Crippen LogP contribution is -2.42. The number of nitrogens with zero attached hydrogens (tertiary/aromatic N) is 5. The molecule has 9 nitrogen and oxygen atoms in total. The van der Waals surface area contributed by atoms with Gasteiger partial charge in [-0.05, 0) is 66.6 Å². The Morgan fingerprint density at radius 3 is 2.40 bits per heavy atom. The summed E-state index contributed by atoms with van der Waals surface area (Å²) >= 11 is 0. The third-order valence-corrected chi connectivity index (χ3v) is 4.42. The maximum atomic E-state index is 13.1. The van der Waals surface area contributed by atoms with Crippen LogP contribution < -0.4 is 5.32 Å². The smallest absolute Gasteiger partial charge is 0.417 e. The van der Waals surface area contributed by atoms with Gasteiger partial charge in [-0.2, -0.15) is 10.2 Å². The average Bonchev–Trinajstić information content (AvgIpc) is 3.17. The molecule has 0 aliphatic rings. The van der Waals surface area contributed by atoms with Gasteiger partial charge in [-0.25, -0.2) is 9.69 Å². The number of hydrogen-bond acceptors (Lipinski definition) is 6. The Hall–Kier alpha value is -2.68. The first-order valence-electron chi connectivity index (χ1n) is 10.3. The fraction of sp³-hybridized carbons (Fsp3) is 0.619. The van der Waals surface area contributed by atoms with Gasteiger partial charge in [0, 0.05) is 26.7 Å². The van der Waals surface area contributed by atoms with Gasteiger partial charge in [0.05, 0.1) is 17.1 Å². The highest BCUT2D eigenvalue weighted by Crippen LogP contribution is 2.14. The number of hydrogen-bond donors (Lipinski definition) is 1. The second-order valence-electron chi connectivity index (χ2n) is 8.35. The molecule has 2 aromatic rings. The number of imide groups is 1. The van der Waals surface area contributed by atoms with Crippen LogP contribution in [0.1, 0.15) is 61.7 Å². The molecule has 0 saturated carbocycles.